The third-order valence-electron chi connectivity index (χ3n) is 3.48. The molecule has 2 nitrogen and oxygen atoms in total. The quantitative estimate of drug-likeness (QED) is 0.702. The predicted octanol–water partition coefficient (Wildman–Crippen LogP) is 5.19. The van der Waals surface area contributed by atoms with Gasteiger partial charge in [0, 0.05) is 22.0 Å². The second-order valence-corrected chi connectivity index (χ2v) is 5.94. The molecule has 1 atom stereocenters. The van der Waals surface area contributed by atoms with Crippen molar-refractivity contribution in [2.75, 3.05) is 0 Å². The van der Waals surface area contributed by atoms with E-state index in [1.807, 2.05) is 37.3 Å². The average Bonchev–Trinajstić information content (AvgIpc) is 2.89. The van der Waals surface area contributed by atoms with Crippen LogP contribution in [0.4, 0.5) is 4.39 Å². The number of hydrogen-bond acceptors (Lipinski definition) is 2. The first-order valence-electron chi connectivity index (χ1n) is 6.79. The van der Waals surface area contributed by atoms with E-state index in [1.54, 1.807) is 12.1 Å². The van der Waals surface area contributed by atoms with E-state index in [-0.39, 0.29) is 11.9 Å². The Bertz CT molecular complexity index is 768. The number of fused-ring (bicyclic) bond motifs is 1. The van der Waals surface area contributed by atoms with Crippen LogP contribution in [0.5, 0.6) is 0 Å². The Kier molecular flexibility index (Phi) is 4.08. The molecule has 0 saturated heterocycles. The van der Waals surface area contributed by atoms with E-state index < -0.39 is 0 Å². The van der Waals surface area contributed by atoms with Gasteiger partial charge in [-0.2, -0.15) is 0 Å². The Labute approximate surface area is 131 Å². The molecule has 0 aliphatic carbocycles. The molecule has 2 aromatic carbocycles. The summed E-state index contributed by atoms with van der Waals surface area (Å²) in [6.45, 7) is 2.47. The summed E-state index contributed by atoms with van der Waals surface area (Å²) in [6.07, 6.45) is 0. The van der Waals surface area contributed by atoms with Crippen LogP contribution in [0.3, 0.4) is 0 Å². The third-order valence-corrected chi connectivity index (χ3v) is 3.97. The fraction of sp³-hybridized carbons (Fsp3) is 0.176. The predicted molar refractivity (Wildman–Crippen MR) is 85.6 cm³/mol. The summed E-state index contributed by atoms with van der Waals surface area (Å²) in [6, 6.07) is 14.7. The smallest absolute Gasteiger partial charge is 0.134 e. The van der Waals surface area contributed by atoms with Gasteiger partial charge in [-0.3, -0.25) is 0 Å². The molecule has 0 radical (unpaired) electrons. The summed E-state index contributed by atoms with van der Waals surface area (Å²) in [5.41, 5.74) is 1.51. The zero-order valence-corrected chi connectivity index (χ0v) is 13.2. The Morgan fingerprint density at radius 3 is 2.81 bits per heavy atom. The van der Waals surface area contributed by atoms with E-state index >= 15 is 0 Å². The first-order valence-corrected chi connectivity index (χ1v) is 7.58. The average molecular weight is 348 g/mol. The summed E-state index contributed by atoms with van der Waals surface area (Å²) < 4.78 is 20.4. The molecule has 0 fully saturated rings. The molecule has 3 aromatic rings. The van der Waals surface area contributed by atoms with Crippen LogP contribution in [-0.4, -0.2) is 0 Å². The lowest BCUT2D eigenvalue weighted by atomic mass is 10.2. The highest BCUT2D eigenvalue weighted by Gasteiger charge is 2.12. The molecular weight excluding hydrogens is 333 g/mol. The van der Waals surface area contributed by atoms with E-state index in [4.69, 9.17) is 4.42 Å². The Morgan fingerprint density at radius 1 is 1.19 bits per heavy atom. The van der Waals surface area contributed by atoms with Crippen molar-refractivity contribution in [1.82, 2.24) is 5.32 Å². The van der Waals surface area contributed by atoms with Crippen molar-refractivity contribution in [3.63, 3.8) is 0 Å². The second kappa shape index (κ2) is 6.00. The molecule has 0 aliphatic rings. The lowest BCUT2D eigenvalue weighted by molar-refractivity contribution is 0.446. The van der Waals surface area contributed by atoms with Crippen LogP contribution in [0.25, 0.3) is 11.0 Å². The molecule has 0 aliphatic heterocycles. The van der Waals surface area contributed by atoms with Crippen molar-refractivity contribution in [2.45, 2.75) is 19.5 Å². The van der Waals surface area contributed by atoms with Gasteiger partial charge < -0.3 is 9.73 Å². The first-order chi connectivity index (χ1) is 10.1. The molecule has 108 valence electrons. The normalized spacial score (nSPS) is 12.7. The van der Waals surface area contributed by atoms with E-state index in [0.29, 0.717) is 12.1 Å². The van der Waals surface area contributed by atoms with Crippen molar-refractivity contribution in [2.24, 2.45) is 0 Å². The molecule has 1 heterocycles. The standard InChI is InChI=1S/C17H15BrFNO/c1-11(20-10-12-4-2-3-5-15(12)19)17-9-13-8-14(18)6-7-16(13)21-17/h2-9,11,20H,10H2,1H3. The molecular formula is C17H15BrFNO. The lowest BCUT2D eigenvalue weighted by Gasteiger charge is -2.11. The van der Waals surface area contributed by atoms with Crippen molar-refractivity contribution < 1.29 is 8.81 Å². The molecule has 21 heavy (non-hydrogen) atoms. The molecule has 1 unspecified atom stereocenters. The monoisotopic (exact) mass is 347 g/mol. The number of furan rings is 1. The van der Waals surface area contributed by atoms with Crippen molar-refractivity contribution in [3.05, 3.63) is 70.1 Å². The van der Waals surface area contributed by atoms with Crippen LogP contribution in [0, 0.1) is 5.82 Å². The summed E-state index contributed by atoms with van der Waals surface area (Å²) in [4.78, 5) is 0. The minimum absolute atomic E-state index is 0.00998. The Morgan fingerprint density at radius 2 is 2.00 bits per heavy atom. The minimum Gasteiger partial charge on any atom is -0.459 e. The highest BCUT2D eigenvalue weighted by molar-refractivity contribution is 9.10. The van der Waals surface area contributed by atoms with Gasteiger partial charge in [-0.15, -0.1) is 0 Å². The summed E-state index contributed by atoms with van der Waals surface area (Å²) in [5, 5.41) is 4.34. The van der Waals surface area contributed by atoms with E-state index in [2.05, 4.69) is 21.2 Å². The second-order valence-electron chi connectivity index (χ2n) is 5.02. The molecule has 0 saturated carbocycles. The summed E-state index contributed by atoms with van der Waals surface area (Å²) >= 11 is 3.45. The number of hydrogen-bond donors (Lipinski definition) is 1. The van der Waals surface area contributed by atoms with Gasteiger partial charge in [-0.1, -0.05) is 34.1 Å². The van der Waals surface area contributed by atoms with Crippen molar-refractivity contribution >= 4 is 26.9 Å². The van der Waals surface area contributed by atoms with Crippen LogP contribution in [-0.2, 0) is 6.54 Å². The lowest BCUT2D eigenvalue weighted by Crippen LogP contribution is -2.18. The number of halogens is 2. The zero-order chi connectivity index (χ0) is 14.8. The van der Waals surface area contributed by atoms with Crippen LogP contribution < -0.4 is 5.32 Å². The largest absolute Gasteiger partial charge is 0.459 e. The first kappa shape index (κ1) is 14.3. The minimum atomic E-state index is -0.189. The molecule has 0 amide bonds. The maximum atomic E-state index is 13.6. The number of benzene rings is 2. The van der Waals surface area contributed by atoms with Crippen LogP contribution >= 0.6 is 15.9 Å². The zero-order valence-electron chi connectivity index (χ0n) is 11.6. The maximum absolute atomic E-state index is 13.6. The Hall–Kier alpha value is -1.65. The van der Waals surface area contributed by atoms with Crippen molar-refractivity contribution in [3.8, 4) is 0 Å². The highest BCUT2D eigenvalue weighted by atomic mass is 79.9. The van der Waals surface area contributed by atoms with Gasteiger partial charge >= 0.3 is 0 Å². The van der Waals surface area contributed by atoms with Gasteiger partial charge in [0.15, 0.2) is 0 Å². The van der Waals surface area contributed by atoms with Gasteiger partial charge in [0.2, 0.25) is 0 Å². The molecule has 1 N–H and O–H groups in total. The molecule has 3 rings (SSSR count). The van der Waals surface area contributed by atoms with Gasteiger partial charge in [0.05, 0.1) is 6.04 Å². The van der Waals surface area contributed by atoms with Gasteiger partial charge in [-0.25, -0.2) is 4.39 Å². The Balaban J connectivity index is 1.75. The number of nitrogens with one attached hydrogen (secondary N) is 1. The maximum Gasteiger partial charge on any atom is 0.134 e. The fourth-order valence-corrected chi connectivity index (χ4v) is 2.63. The summed E-state index contributed by atoms with van der Waals surface area (Å²) in [7, 11) is 0. The van der Waals surface area contributed by atoms with Gasteiger partial charge in [0.25, 0.3) is 0 Å². The summed E-state index contributed by atoms with van der Waals surface area (Å²) in [5.74, 6) is 0.658. The van der Waals surface area contributed by atoms with Crippen molar-refractivity contribution in [1.29, 1.82) is 0 Å². The van der Waals surface area contributed by atoms with E-state index in [9.17, 15) is 4.39 Å². The molecule has 1 aromatic heterocycles. The highest BCUT2D eigenvalue weighted by Crippen LogP contribution is 2.26. The van der Waals surface area contributed by atoms with E-state index in [0.717, 1.165) is 21.2 Å². The van der Waals surface area contributed by atoms with E-state index in [1.165, 1.54) is 6.07 Å². The topological polar surface area (TPSA) is 25.2 Å². The van der Waals surface area contributed by atoms with Crippen LogP contribution in [0.2, 0.25) is 0 Å². The molecule has 4 heteroatoms. The third kappa shape index (κ3) is 3.17. The van der Waals surface area contributed by atoms with Gasteiger partial charge in [-0.05, 0) is 37.3 Å². The van der Waals surface area contributed by atoms with Gasteiger partial charge in [0.1, 0.15) is 17.2 Å². The SMILES string of the molecule is CC(NCc1ccccc1F)c1cc2cc(Br)ccc2o1. The van der Waals surface area contributed by atoms with Crippen LogP contribution in [0.1, 0.15) is 24.3 Å². The molecule has 0 bridgehead atoms. The molecule has 0 spiro atoms. The van der Waals surface area contributed by atoms with Crippen LogP contribution in [0.15, 0.2) is 57.4 Å². The fourth-order valence-electron chi connectivity index (χ4n) is 2.25. The number of rotatable bonds is 4.